The van der Waals surface area contributed by atoms with Gasteiger partial charge in [-0.15, -0.1) is 13.1 Å². The molecule has 6 N–H and O–H groups in total. The SMILES string of the molecule is C=C(N(CO)CCCCCNC(=O)OC(C)(C)C)N(CCC)CCNF.CCCO.CCCPCCN.[CH2-]C.[Cu+]. The molecule has 1 unspecified atom stereocenters. The number of halogens is 1. The second-order valence-corrected chi connectivity index (χ2v) is 10.9. The number of carbonyl (C=O) groups excluding carboxylic acids is 1. The van der Waals surface area contributed by atoms with Crippen molar-refractivity contribution in [2.75, 3.05) is 64.9 Å². The average Bonchev–Trinajstić information content (AvgIpc) is 2.91. The molecule has 0 fully saturated rings. The molecule has 0 saturated heterocycles. The molecule has 0 aliphatic heterocycles. The van der Waals surface area contributed by atoms with E-state index in [0.29, 0.717) is 32.1 Å². The van der Waals surface area contributed by atoms with Gasteiger partial charge >= 0.3 is 23.2 Å². The van der Waals surface area contributed by atoms with Crippen LogP contribution >= 0.6 is 8.58 Å². The van der Waals surface area contributed by atoms with Crippen LogP contribution in [-0.2, 0) is 21.8 Å². The Morgan fingerprint density at radius 1 is 0.975 bits per heavy atom. The van der Waals surface area contributed by atoms with Crippen LogP contribution in [0.3, 0.4) is 0 Å². The van der Waals surface area contributed by atoms with E-state index in [-0.39, 0.29) is 30.3 Å². The quantitative estimate of drug-likeness (QED) is 0.0337. The number of hydrogen-bond acceptors (Lipinski definition) is 8. The Bertz CT molecular complexity index is 516. The molecule has 0 aliphatic carbocycles. The van der Waals surface area contributed by atoms with Gasteiger partial charge in [0.15, 0.2) is 0 Å². The van der Waals surface area contributed by atoms with Crippen LogP contribution in [0.1, 0.15) is 87.0 Å². The van der Waals surface area contributed by atoms with E-state index in [9.17, 15) is 14.4 Å². The van der Waals surface area contributed by atoms with E-state index in [0.717, 1.165) is 53.8 Å². The van der Waals surface area contributed by atoms with Gasteiger partial charge in [-0.1, -0.05) is 33.8 Å². The topological polar surface area (TPSA) is 123 Å². The van der Waals surface area contributed by atoms with Gasteiger partial charge in [0.1, 0.15) is 12.3 Å². The maximum absolute atomic E-state index is 12.2. The number of nitrogens with zero attached hydrogens (tertiary/aromatic N) is 2. The van der Waals surface area contributed by atoms with E-state index in [1.807, 2.05) is 39.5 Å². The number of aliphatic hydroxyl groups excluding tert-OH is 2. The summed E-state index contributed by atoms with van der Waals surface area (Å²) >= 11 is 0. The molecule has 12 heteroatoms. The van der Waals surface area contributed by atoms with Crippen molar-refractivity contribution in [2.24, 2.45) is 5.73 Å². The molecular formula is C28H64CuFN5O4P. The van der Waals surface area contributed by atoms with E-state index in [2.05, 4.69) is 25.7 Å². The Hall–Kier alpha value is -0.671. The van der Waals surface area contributed by atoms with Crippen LogP contribution in [0.5, 0.6) is 0 Å². The van der Waals surface area contributed by atoms with Crippen molar-refractivity contribution in [1.82, 2.24) is 20.7 Å². The minimum Gasteiger partial charge on any atom is -0.444 e. The third-order valence-electron chi connectivity index (χ3n) is 4.62. The number of ether oxygens (including phenoxy) is 1. The molecule has 40 heavy (non-hydrogen) atoms. The molecule has 1 atom stereocenters. The number of alkyl carbamates (subject to hydrolysis) is 1. The van der Waals surface area contributed by atoms with E-state index >= 15 is 0 Å². The van der Waals surface area contributed by atoms with E-state index in [4.69, 9.17) is 15.6 Å². The molecule has 1 amide bonds. The molecule has 0 aromatic heterocycles. The van der Waals surface area contributed by atoms with Crippen LogP contribution < -0.4 is 16.6 Å². The zero-order chi connectivity index (χ0) is 31.0. The molecule has 0 aliphatic rings. The zero-order valence-electron chi connectivity index (χ0n) is 26.6. The summed E-state index contributed by atoms with van der Waals surface area (Å²) in [6.45, 7) is 24.5. The van der Waals surface area contributed by atoms with E-state index in [1.54, 1.807) is 17.4 Å². The molecular weight excluding hydrogens is 584 g/mol. The minimum absolute atomic E-state index is 0. The third kappa shape index (κ3) is 39.5. The summed E-state index contributed by atoms with van der Waals surface area (Å²) in [6, 6.07) is 0. The predicted molar refractivity (Wildman–Crippen MR) is 168 cm³/mol. The Morgan fingerprint density at radius 2 is 1.57 bits per heavy atom. The molecule has 248 valence electrons. The summed E-state index contributed by atoms with van der Waals surface area (Å²) in [6.07, 6.45) is 7.90. The molecule has 0 saturated carbocycles. The van der Waals surface area contributed by atoms with Crippen LogP contribution in [0, 0.1) is 6.92 Å². The summed E-state index contributed by atoms with van der Waals surface area (Å²) in [4.78, 5) is 15.3. The van der Waals surface area contributed by atoms with Crippen molar-refractivity contribution in [3.05, 3.63) is 19.3 Å². The molecule has 0 aromatic carbocycles. The van der Waals surface area contributed by atoms with Gasteiger partial charge in [-0.05, 0) is 71.7 Å². The molecule has 0 radical (unpaired) electrons. The molecule has 0 spiro atoms. The van der Waals surface area contributed by atoms with E-state index in [1.165, 1.54) is 18.7 Å². The summed E-state index contributed by atoms with van der Waals surface area (Å²) in [5, 5.41) is 20.2. The standard InChI is InChI=1S/C18H37FN4O3.C5H14NP.C3H8O.C2H5.Cu/c1-6-12-22(14-11-21-19)16(2)23(15-24)13-9-7-8-10-20-17(25)26-18(3,4)5;1-2-4-7-5-3-6;1-2-3-4;1-2;/h21,24H,2,6-15H2,1,3-5H3,(H,20,25);7H,2-6H2,1H3;4H,2-3H2,1H3;1H2,2H3;/q;;;-1;+1. The first-order chi connectivity index (χ1) is 18.6. The fourth-order valence-corrected chi connectivity index (χ4v) is 3.62. The average molecular weight is 648 g/mol. The Kier molecular flexibility index (Phi) is 47.0. The van der Waals surface area contributed by atoms with Crippen LogP contribution in [0.25, 0.3) is 0 Å². The third-order valence-corrected chi connectivity index (χ3v) is 6.11. The largest absolute Gasteiger partial charge is 1.00 e. The smallest absolute Gasteiger partial charge is 0.444 e. The van der Waals surface area contributed by atoms with Gasteiger partial charge in [-0.3, -0.25) is 0 Å². The number of nitrogens with two attached hydrogens (primary N) is 1. The summed E-state index contributed by atoms with van der Waals surface area (Å²) < 4.78 is 17.4. The van der Waals surface area contributed by atoms with Gasteiger partial charge < -0.3 is 42.7 Å². The summed E-state index contributed by atoms with van der Waals surface area (Å²) in [5.41, 5.74) is 6.43. The van der Waals surface area contributed by atoms with Crippen molar-refractivity contribution in [3.63, 3.8) is 0 Å². The first-order valence-corrected chi connectivity index (χ1v) is 15.8. The number of nitrogens with one attached hydrogen (secondary N) is 2. The van der Waals surface area contributed by atoms with Gasteiger partial charge in [0.2, 0.25) is 0 Å². The van der Waals surface area contributed by atoms with E-state index < -0.39 is 11.7 Å². The summed E-state index contributed by atoms with van der Waals surface area (Å²) in [5.74, 6) is 0.705. The van der Waals surface area contributed by atoms with Crippen LogP contribution in [0.2, 0.25) is 0 Å². The Balaban J connectivity index is -0.000000242. The van der Waals surface area contributed by atoms with Crippen molar-refractivity contribution >= 4 is 14.7 Å². The first-order valence-electron chi connectivity index (χ1n) is 14.4. The number of amides is 1. The van der Waals surface area contributed by atoms with Crippen LogP contribution in [0.4, 0.5) is 9.28 Å². The molecule has 9 nitrogen and oxygen atoms in total. The minimum atomic E-state index is -0.492. The van der Waals surface area contributed by atoms with Crippen molar-refractivity contribution < 1.29 is 41.3 Å². The second kappa shape index (κ2) is 38.3. The molecule has 0 aromatic rings. The molecule has 0 rings (SSSR count). The van der Waals surface area contributed by atoms with Crippen LogP contribution in [0.15, 0.2) is 12.4 Å². The van der Waals surface area contributed by atoms with Gasteiger partial charge in [0, 0.05) is 39.3 Å². The monoisotopic (exact) mass is 647 g/mol. The van der Waals surface area contributed by atoms with Gasteiger partial charge in [-0.25, -0.2) is 4.79 Å². The Labute approximate surface area is 258 Å². The number of unbranched alkanes of at least 4 members (excludes halogenated alkanes) is 2. The maximum Gasteiger partial charge on any atom is 1.00 e. The van der Waals surface area contributed by atoms with Crippen molar-refractivity contribution in [2.45, 2.75) is 92.6 Å². The maximum atomic E-state index is 12.2. The van der Waals surface area contributed by atoms with Crippen molar-refractivity contribution in [1.29, 1.82) is 0 Å². The zero-order valence-corrected chi connectivity index (χ0v) is 28.5. The predicted octanol–water partition coefficient (Wildman–Crippen LogP) is 4.85. The summed E-state index contributed by atoms with van der Waals surface area (Å²) in [7, 11) is 1.11. The fraction of sp³-hybridized carbons (Fsp3) is 0.857. The molecule has 0 heterocycles. The van der Waals surface area contributed by atoms with Gasteiger partial charge in [-0.2, -0.15) is 12.5 Å². The number of carbonyl (C=O) groups is 1. The second-order valence-electron chi connectivity index (χ2n) is 9.44. The number of rotatable bonds is 19. The van der Waals surface area contributed by atoms with Crippen LogP contribution in [-0.4, -0.2) is 96.6 Å². The fourth-order valence-electron chi connectivity index (χ4n) is 2.81. The van der Waals surface area contributed by atoms with Gasteiger partial charge in [0.05, 0.1) is 5.82 Å². The van der Waals surface area contributed by atoms with Crippen molar-refractivity contribution in [3.8, 4) is 0 Å². The Morgan fingerprint density at radius 3 is 2.00 bits per heavy atom. The normalized spacial score (nSPS) is 10.1. The number of hydrogen-bond donors (Lipinski definition) is 5. The van der Waals surface area contributed by atoms with Gasteiger partial charge in [0.25, 0.3) is 0 Å². The molecule has 0 bridgehead atoms. The number of aliphatic hydroxyl groups is 2. The first kappa shape index (κ1) is 49.0.